The number of aliphatic hydroxyl groups excluding tert-OH is 2. The number of rotatable bonds is 3. The minimum atomic E-state index is -0.816. The molecule has 0 aliphatic carbocycles. The number of aryl methyl sites for hydroxylation is 1. The first-order valence-electron chi connectivity index (χ1n) is 8.82. The molecule has 14 heteroatoms. The Morgan fingerprint density at radius 2 is 2.03 bits per heavy atom. The second-order valence-electron chi connectivity index (χ2n) is 6.51. The van der Waals surface area contributed by atoms with Crippen molar-refractivity contribution in [2.45, 2.75) is 31.8 Å². The minimum Gasteiger partial charge on any atom is -0.468 e. The number of imidazole rings is 1. The highest BCUT2D eigenvalue weighted by atomic mass is 16.5. The highest BCUT2D eigenvalue weighted by molar-refractivity contribution is 5.82. The molecule has 8 N–H and O–H groups in total. The van der Waals surface area contributed by atoms with Crippen LogP contribution in [0.5, 0.6) is 6.01 Å². The van der Waals surface area contributed by atoms with Gasteiger partial charge in [0.05, 0.1) is 19.8 Å². The molecule has 1 aliphatic rings. The van der Waals surface area contributed by atoms with Gasteiger partial charge in [-0.15, -0.1) is 0 Å². The first kappa shape index (κ1) is 21.2. The number of nitrogens with two attached hydrogens (primary N) is 2. The number of nitrogens with one attached hydrogen (secondary N) is 2. The summed E-state index contributed by atoms with van der Waals surface area (Å²) in [5, 5.41) is 18.5. The second-order valence-corrected chi connectivity index (χ2v) is 6.51. The number of anilines is 2. The molecule has 4 heterocycles. The van der Waals surface area contributed by atoms with Crippen LogP contribution in [0.3, 0.4) is 0 Å². The number of aromatic nitrogens is 6. The smallest absolute Gasteiger partial charge is 0.330 e. The number of aromatic amines is 2. The lowest BCUT2D eigenvalue weighted by atomic mass is 10.2. The molecule has 3 aromatic heterocycles. The van der Waals surface area contributed by atoms with Crippen molar-refractivity contribution in [2.24, 2.45) is 0 Å². The van der Waals surface area contributed by atoms with E-state index < -0.39 is 29.7 Å². The average Bonchev–Trinajstić information content (AvgIpc) is 3.28. The fourth-order valence-electron chi connectivity index (χ4n) is 2.86. The molecule has 0 bridgehead atoms. The van der Waals surface area contributed by atoms with E-state index >= 15 is 0 Å². The van der Waals surface area contributed by atoms with Gasteiger partial charge in [-0.3, -0.25) is 14.3 Å². The number of ether oxygens (including phenoxy) is 2. The standard InChI is InChI=1S/C10H14N2O5.C6H8N6O/c1-5-3-12(10(16)11-9(5)15)8-2-6(14)7(4-13)17-8;1-13-6-9-2-3(7)10-5(8)11-4(2)12-6/h3,6-8,13-14H,2,4H2,1H3,(H,11,15,16);1H3,(H5,7,8,9,10,11,12)/t6-,7+,8+;/m0./s1. The number of methoxy groups -OCH3 is 1. The summed E-state index contributed by atoms with van der Waals surface area (Å²) < 4.78 is 11.4. The first-order valence-corrected chi connectivity index (χ1v) is 8.82. The predicted octanol–water partition coefficient (Wildman–Crippen LogP) is -1.99. The largest absolute Gasteiger partial charge is 0.468 e. The van der Waals surface area contributed by atoms with Gasteiger partial charge in [-0.05, 0) is 6.92 Å². The highest BCUT2D eigenvalue weighted by Gasteiger charge is 2.34. The number of fused-ring (bicyclic) bond motifs is 1. The Balaban J connectivity index is 0.000000177. The van der Waals surface area contributed by atoms with Gasteiger partial charge in [-0.2, -0.15) is 15.0 Å². The maximum absolute atomic E-state index is 11.6. The molecule has 0 amide bonds. The van der Waals surface area contributed by atoms with E-state index in [0.717, 1.165) is 0 Å². The van der Waals surface area contributed by atoms with E-state index in [1.165, 1.54) is 17.9 Å². The second kappa shape index (κ2) is 8.48. The predicted molar refractivity (Wildman–Crippen MR) is 105 cm³/mol. The summed E-state index contributed by atoms with van der Waals surface area (Å²) in [6, 6.07) is 0.335. The maximum atomic E-state index is 11.6. The molecule has 14 nitrogen and oxygen atoms in total. The third-order valence-corrected chi connectivity index (χ3v) is 4.41. The van der Waals surface area contributed by atoms with E-state index in [4.69, 9.17) is 26.0 Å². The van der Waals surface area contributed by atoms with Crippen LogP contribution in [0.15, 0.2) is 15.8 Å². The SMILES string of the molecule is COc1nc2nc(N)nc(N)c2[nH]1.Cc1cn([C@H]2C[C@H](O)[C@@H](CO)O2)c(=O)[nH]c1=O. The molecule has 0 radical (unpaired) electrons. The molecule has 0 aromatic carbocycles. The van der Waals surface area contributed by atoms with Gasteiger partial charge in [0, 0.05) is 18.2 Å². The molecule has 30 heavy (non-hydrogen) atoms. The Hall–Kier alpha value is -3.49. The molecule has 1 saturated heterocycles. The molecule has 4 rings (SSSR count). The van der Waals surface area contributed by atoms with Gasteiger partial charge in [0.1, 0.15) is 17.8 Å². The van der Waals surface area contributed by atoms with Gasteiger partial charge in [0.2, 0.25) is 5.95 Å². The number of hydrogen-bond donors (Lipinski definition) is 6. The van der Waals surface area contributed by atoms with Gasteiger partial charge in [-0.25, -0.2) is 4.79 Å². The van der Waals surface area contributed by atoms with Crippen LogP contribution in [-0.4, -0.2) is 65.6 Å². The molecule has 3 aromatic rings. The van der Waals surface area contributed by atoms with E-state index in [-0.39, 0.29) is 24.8 Å². The summed E-state index contributed by atoms with van der Waals surface area (Å²) in [7, 11) is 1.49. The molecular weight excluding hydrogens is 400 g/mol. The van der Waals surface area contributed by atoms with E-state index in [2.05, 4.69) is 24.9 Å². The Kier molecular flexibility index (Phi) is 6.00. The first-order chi connectivity index (χ1) is 14.2. The summed E-state index contributed by atoms with van der Waals surface area (Å²) in [5.41, 5.74) is 11.2. The fourth-order valence-corrected chi connectivity index (χ4v) is 2.86. The molecule has 0 saturated carbocycles. The van der Waals surface area contributed by atoms with E-state index in [0.29, 0.717) is 22.7 Å². The zero-order valence-electron chi connectivity index (χ0n) is 16.2. The number of aliphatic hydroxyl groups is 2. The summed E-state index contributed by atoms with van der Waals surface area (Å²) in [4.78, 5) is 39.3. The molecule has 0 spiro atoms. The van der Waals surface area contributed by atoms with Crippen LogP contribution in [0, 0.1) is 6.92 Å². The molecule has 0 unspecified atom stereocenters. The lowest BCUT2D eigenvalue weighted by Gasteiger charge is -2.14. The topological polar surface area (TPSA) is 220 Å². The van der Waals surface area contributed by atoms with E-state index in [9.17, 15) is 14.7 Å². The van der Waals surface area contributed by atoms with Crippen molar-refractivity contribution in [1.82, 2.24) is 29.5 Å². The zero-order valence-corrected chi connectivity index (χ0v) is 16.2. The Morgan fingerprint density at radius 1 is 1.30 bits per heavy atom. The molecule has 1 aliphatic heterocycles. The summed E-state index contributed by atoms with van der Waals surface area (Å²) in [6.45, 7) is 1.26. The number of hydrogen-bond acceptors (Lipinski definition) is 11. The van der Waals surface area contributed by atoms with Crippen LogP contribution in [0.2, 0.25) is 0 Å². The quantitative estimate of drug-likeness (QED) is 0.271. The number of H-pyrrole nitrogens is 2. The van der Waals surface area contributed by atoms with Gasteiger partial charge in [-0.1, -0.05) is 0 Å². The van der Waals surface area contributed by atoms with Crippen LogP contribution >= 0.6 is 0 Å². The Bertz CT molecular complexity index is 1150. The Labute approximate surface area is 168 Å². The number of nitrogens with zero attached hydrogens (tertiary/aromatic N) is 4. The van der Waals surface area contributed by atoms with Crippen molar-refractivity contribution in [3.63, 3.8) is 0 Å². The van der Waals surface area contributed by atoms with Crippen LogP contribution in [0.4, 0.5) is 11.8 Å². The van der Waals surface area contributed by atoms with Gasteiger partial charge in [0.15, 0.2) is 11.5 Å². The fraction of sp³-hybridized carbons (Fsp3) is 0.438. The third-order valence-electron chi connectivity index (χ3n) is 4.41. The number of nitrogen functional groups attached to an aromatic ring is 2. The third kappa shape index (κ3) is 4.24. The highest BCUT2D eigenvalue weighted by Crippen LogP contribution is 2.27. The summed E-state index contributed by atoms with van der Waals surface area (Å²) >= 11 is 0. The Morgan fingerprint density at radius 3 is 2.67 bits per heavy atom. The van der Waals surface area contributed by atoms with Crippen molar-refractivity contribution in [1.29, 1.82) is 0 Å². The van der Waals surface area contributed by atoms with Crippen LogP contribution in [0.25, 0.3) is 11.2 Å². The lowest BCUT2D eigenvalue weighted by molar-refractivity contribution is -0.0459. The van der Waals surface area contributed by atoms with Gasteiger partial charge < -0.3 is 36.1 Å². The molecule has 1 fully saturated rings. The zero-order chi connectivity index (χ0) is 22.0. The molecule has 3 atom stereocenters. The summed E-state index contributed by atoms with van der Waals surface area (Å²) in [5.74, 6) is 0.359. The van der Waals surface area contributed by atoms with Crippen molar-refractivity contribution in [3.8, 4) is 6.01 Å². The summed E-state index contributed by atoms with van der Waals surface area (Å²) in [6.07, 6.45) is -0.581. The van der Waals surface area contributed by atoms with Crippen LogP contribution in [0.1, 0.15) is 18.2 Å². The molecule has 162 valence electrons. The van der Waals surface area contributed by atoms with Crippen molar-refractivity contribution in [2.75, 3.05) is 25.2 Å². The van der Waals surface area contributed by atoms with E-state index in [1.807, 2.05) is 0 Å². The molecular formula is C16H22N8O6. The minimum absolute atomic E-state index is 0.0964. The average molecular weight is 422 g/mol. The van der Waals surface area contributed by atoms with Gasteiger partial charge >= 0.3 is 5.69 Å². The monoisotopic (exact) mass is 422 g/mol. The van der Waals surface area contributed by atoms with Crippen molar-refractivity contribution in [3.05, 3.63) is 32.6 Å². The van der Waals surface area contributed by atoms with Crippen LogP contribution < -0.4 is 27.5 Å². The normalized spacial score (nSPS) is 20.7. The van der Waals surface area contributed by atoms with E-state index in [1.54, 1.807) is 6.92 Å². The van der Waals surface area contributed by atoms with Crippen LogP contribution in [-0.2, 0) is 4.74 Å². The van der Waals surface area contributed by atoms with Crippen molar-refractivity contribution < 1.29 is 19.7 Å². The lowest BCUT2D eigenvalue weighted by Crippen LogP contribution is -2.33. The van der Waals surface area contributed by atoms with Gasteiger partial charge in [0.25, 0.3) is 11.6 Å². The maximum Gasteiger partial charge on any atom is 0.330 e. The van der Waals surface area contributed by atoms with Crippen molar-refractivity contribution >= 4 is 22.9 Å².